The number of halogens is 2. The Kier molecular flexibility index (Phi) is 9.75. The predicted octanol–water partition coefficient (Wildman–Crippen LogP) is 5.16. The quantitative estimate of drug-likeness (QED) is 0.346. The standard InChI is InChI=1S/C27H29BrClN3O4S/c1-4-30-27(34)20(3)31(17-21-11-13-22(28)14-12-21)26(33)18-32(25-8-6-5-7-24(25)29)37(35,36)23-15-9-19(2)10-16-23/h5-16,20H,4,17-18H2,1-3H3,(H,30,34). The molecule has 0 aliphatic heterocycles. The summed E-state index contributed by atoms with van der Waals surface area (Å²) in [7, 11) is -4.16. The van der Waals surface area contributed by atoms with E-state index in [-0.39, 0.29) is 28.1 Å². The molecular formula is C27H29BrClN3O4S. The molecule has 1 unspecified atom stereocenters. The van der Waals surface area contributed by atoms with Crippen LogP contribution in [0.5, 0.6) is 0 Å². The molecule has 10 heteroatoms. The number of benzene rings is 3. The fourth-order valence-corrected chi connectivity index (χ4v) is 5.68. The highest BCUT2D eigenvalue weighted by Crippen LogP contribution is 2.31. The van der Waals surface area contributed by atoms with Crippen LogP contribution >= 0.6 is 27.5 Å². The lowest BCUT2D eigenvalue weighted by Gasteiger charge is -2.32. The summed E-state index contributed by atoms with van der Waals surface area (Å²) < 4.78 is 29.4. The van der Waals surface area contributed by atoms with E-state index in [1.165, 1.54) is 17.0 Å². The topological polar surface area (TPSA) is 86.8 Å². The second-order valence-electron chi connectivity index (χ2n) is 8.49. The average molecular weight is 607 g/mol. The van der Waals surface area contributed by atoms with Gasteiger partial charge in [-0.05, 0) is 62.7 Å². The van der Waals surface area contributed by atoms with Crippen molar-refractivity contribution in [1.29, 1.82) is 0 Å². The second kappa shape index (κ2) is 12.6. The van der Waals surface area contributed by atoms with Crippen LogP contribution in [0, 0.1) is 6.92 Å². The van der Waals surface area contributed by atoms with Gasteiger partial charge in [-0.2, -0.15) is 0 Å². The minimum Gasteiger partial charge on any atom is -0.355 e. The zero-order chi connectivity index (χ0) is 27.2. The third kappa shape index (κ3) is 7.12. The monoisotopic (exact) mass is 605 g/mol. The number of likely N-dealkylation sites (N-methyl/N-ethyl adjacent to an activating group) is 1. The van der Waals surface area contributed by atoms with Crippen molar-refractivity contribution < 1.29 is 18.0 Å². The number of amides is 2. The van der Waals surface area contributed by atoms with Crippen molar-refractivity contribution in [2.75, 3.05) is 17.4 Å². The van der Waals surface area contributed by atoms with Gasteiger partial charge in [-0.25, -0.2) is 8.42 Å². The van der Waals surface area contributed by atoms with Crippen LogP contribution in [0.25, 0.3) is 0 Å². The van der Waals surface area contributed by atoms with Crippen LogP contribution in [-0.2, 0) is 26.2 Å². The molecule has 196 valence electrons. The fourth-order valence-electron chi connectivity index (χ4n) is 3.70. The minimum absolute atomic E-state index is 0.0297. The summed E-state index contributed by atoms with van der Waals surface area (Å²) in [5.41, 5.74) is 1.86. The van der Waals surface area contributed by atoms with Gasteiger partial charge in [0.2, 0.25) is 11.8 Å². The largest absolute Gasteiger partial charge is 0.355 e. The van der Waals surface area contributed by atoms with Crippen molar-refractivity contribution in [2.24, 2.45) is 0 Å². The first-order valence-electron chi connectivity index (χ1n) is 11.7. The van der Waals surface area contributed by atoms with Crippen LogP contribution in [-0.4, -0.2) is 44.3 Å². The highest BCUT2D eigenvalue weighted by Gasteiger charge is 2.33. The third-order valence-corrected chi connectivity index (χ3v) is 8.42. The van der Waals surface area contributed by atoms with Crippen molar-refractivity contribution >= 4 is 55.1 Å². The molecule has 3 rings (SSSR count). The smallest absolute Gasteiger partial charge is 0.264 e. The molecule has 0 heterocycles. The van der Waals surface area contributed by atoms with Crippen LogP contribution in [0.2, 0.25) is 5.02 Å². The zero-order valence-electron chi connectivity index (χ0n) is 20.8. The van der Waals surface area contributed by atoms with Crippen LogP contribution in [0.3, 0.4) is 0 Å². The van der Waals surface area contributed by atoms with Crippen LogP contribution < -0.4 is 9.62 Å². The van der Waals surface area contributed by atoms with E-state index in [2.05, 4.69) is 21.2 Å². The lowest BCUT2D eigenvalue weighted by molar-refractivity contribution is -0.139. The molecule has 0 aromatic heterocycles. The summed E-state index contributed by atoms with van der Waals surface area (Å²) >= 11 is 9.80. The number of hydrogen-bond donors (Lipinski definition) is 1. The van der Waals surface area contributed by atoms with Gasteiger partial charge in [0, 0.05) is 17.6 Å². The van der Waals surface area contributed by atoms with Crippen LogP contribution in [0.1, 0.15) is 25.0 Å². The Bertz CT molecular complexity index is 1350. The van der Waals surface area contributed by atoms with Gasteiger partial charge < -0.3 is 10.2 Å². The summed E-state index contributed by atoms with van der Waals surface area (Å²) in [6, 6.07) is 19.3. The van der Waals surface area contributed by atoms with Gasteiger partial charge in [0.1, 0.15) is 12.6 Å². The van der Waals surface area contributed by atoms with E-state index < -0.39 is 28.5 Å². The number of anilines is 1. The molecule has 0 saturated heterocycles. The third-order valence-electron chi connectivity index (χ3n) is 5.79. The summed E-state index contributed by atoms with van der Waals surface area (Å²) in [5.74, 6) is -0.879. The maximum Gasteiger partial charge on any atom is 0.264 e. The SMILES string of the molecule is CCNC(=O)C(C)N(Cc1ccc(Br)cc1)C(=O)CN(c1ccccc1Cl)S(=O)(=O)c1ccc(C)cc1. The number of aryl methyl sites for hydroxylation is 1. The highest BCUT2D eigenvalue weighted by molar-refractivity contribution is 9.10. The van der Waals surface area contributed by atoms with Gasteiger partial charge >= 0.3 is 0 Å². The minimum atomic E-state index is -4.16. The van der Waals surface area contributed by atoms with Gasteiger partial charge in [0.05, 0.1) is 15.6 Å². The normalized spacial score (nSPS) is 12.0. The number of para-hydroxylation sites is 1. The predicted molar refractivity (Wildman–Crippen MR) is 150 cm³/mol. The van der Waals surface area contributed by atoms with Gasteiger partial charge in [-0.3, -0.25) is 13.9 Å². The summed E-state index contributed by atoms with van der Waals surface area (Å²) in [5, 5.41) is 2.92. The first-order valence-corrected chi connectivity index (χ1v) is 14.3. The number of nitrogens with zero attached hydrogens (tertiary/aromatic N) is 2. The molecule has 0 bridgehead atoms. The van der Waals surface area contributed by atoms with E-state index in [0.717, 1.165) is 19.9 Å². The Hall–Kier alpha value is -2.88. The van der Waals surface area contributed by atoms with Gasteiger partial charge in [-0.1, -0.05) is 69.5 Å². The van der Waals surface area contributed by atoms with E-state index in [1.54, 1.807) is 50.2 Å². The maximum absolute atomic E-state index is 13.8. The van der Waals surface area contributed by atoms with Crippen molar-refractivity contribution in [3.8, 4) is 0 Å². The molecule has 1 N–H and O–H groups in total. The molecular weight excluding hydrogens is 578 g/mol. The molecule has 0 fully saturated rings. The number of carbonyl (C=O) groups is 2. The van der Waals surface area contributed by atoms with Crippen molar-refractivity contribution in [2.45, 2.75) is 38.3 Å². The van der Waals surface area contributed by atoms with E-state index in [9.17, 15) is 18.0 Å². The van der Waals surface area contributed by atoms with Crippen molar-refractivity contribution in [3.05, 3.63) is 93.4 Å². The molecule has 3 aromatic rings. The molecule has 37 heavy (non-hydrogen) atoms. The Balaban J connectivity index is 2.03. The first-order chi connectivity index (χ1) is 17.5. The van der Waals surface area contributed by atoms with Gasteiger partial charge in [0.25, 0.3) is 10.0 Å². The molecule has 7 nitrogen and oxygen atoms in total. The number of rotatable bonds is 10. The Morgan fingerprint density at radius 2 is 1.62 bits per heavy atom. The number of nitrogens with one attached hydrogen (secondary N) is 1. The maximum atomic E-state index is 13.8. The van der Waals surface area contributed by atoms with E-state index in [0.29, 0.717) is 6.54 Å². The molecule has 2 amide bonds. The molecule has 3 aromatic carbocycles. The van der Waals surface area contributed by atoms with E-state index >= 15 is 0 Å². The van der Waals surface area contributed by atoms with Crippen LogP contribution in [0.4, 0.5) is 5.69 Å². The number of carbonyl (C=O) groups excluding carboxylic acids is 2. The van der Waals surface area contributed by atoms with Crippen molar-refractivity contribution in [1.82, 2.24) is 10.2 Å². The molecule has 0 aliphatic rings. The lowest BCUT2D eigenvalue weighted by atomic mass is 10.1. The highest BCUT2D eigenvalue weighted by atomic mass is 79.9. The van der Waals surface area contributed by atoms with Gasteiger partial charge in [-0.15, -0.1) is 0 Å². The van der Waals surface area contributed by atoms with E-state index in [4.69, 9.17) is 11.6 Å². The van der Waals surface area contributed by atoms with Crippen molar-refractivity contribution in [3.63, 3.8) is 0 Å². The Morgan fingerprint density at radius 1 is 1.00 bits per heavy atom. The zero-order valence-corrected chi connectivity index (χ0v) is 24.0. The lowest BCUT2D eigenvalue weighted by Crippen LogP contribution is -2.51. The van der Waals surface area contributed by atoms with Crippen LogP contribution in [0.15, 0.2) is 82.2 Å². The number of sulfonamides is 1. The molecule has 1 atom stereocenters. The summed E-state index contributed by atoms with van der Waals surface area (Å²) in [4.78, 5) is 27.9. The fraction of sp³-hybridized carbons (Fsp3) is 0.259. The molecule has 0 saturated carbocycles. The molecule has 0 spiro atoms. The number of hydrogen-bond acceptors (Lipinski definition) is 4. The Morgan fingerprint density at radius 3 is 2.22 bits per heavy atom. The molecule has 0 aliphatic carbocycles. The summed E-state index contributed by atoms with van der Waals surface area (Å²) in [6.07, 6.45) is 0. The average Bonchev–Trinajstić information content (AvgIpc) is 2.87. The molecule has 0 radical (unpaired) electrons. The summed E-state index contributed by atoms with van der Waals surface area (Å²) in [6.45, 7) is 5.24. The van der Waals surface area contributed by atoms with E-state index in [1.807, 2.05) is 31.2 Å². The van der Waals surface area contributed by atoms with Gasteiger partial charge in [0.15, 0.2) is 0 Å². The first kappa shape index (κ1) is 28.7. The second-order valence-corrected chi connectivity index (χ2v) is 11.7. The Labute approximate surface area is 231 Å².